The van der Waals surface area contributed by atoms with E-state index in [-0.39, 0.29) is 17.6 Å². The molecule has 2 heterocycles. The molecular formula is C9H14N2O9PS+. The van der Waals surface area contributed by atoms with Gasteiger partial charge in [-0.05, 0) is 0 Å². The number of hydrogen-bond acceptors (Lipinski definition) is 6. The zero-order chi connectivity index (χ0) is 16.5. The first-order chi connectivity index (χ1) is 10.2. The second-order valence-electron chi connectivity index (χ2n) is 4.45. The fourth-order valence-corrected chi connectivity index (χ4v) is 2.84. The third-order valence-corrected chi connectivity index (χ3v) is 4.16. The first-order valence-corrected chi connectivity index (χ1v) is 8.92. The van der Waals surface area contributed by atoms with Gasteiger partial charge in [0.1, 0.15) is 12.3 Å². The second kappa shape index (κ2) is 6.66. The monoisotopic (exact) mass is 357 g/mol. The van der Waals surface area contributed by atoms with E-state index in [4.69, 9.17) is 19.4 Å². The number of ether oxygens (including phenoxy) is 1. The molecular weight excluding hydrogens is 343 g/mol. The molecule has 1 aliphatic rings. The molecule has 1 saturated heterocycles. The van der Waals surface area contributed by atoms with E-state index in [2.05, 4.69) is 4.18 Å². The number of aromatic nitrogens is 2. The van der Waals surface area contributed by atoms with Gasteiger partial charge < -0.3 is 14.9 Å². The van der Waals surface area contributed by atoms with Crippen molar-refractivity contribution in [3.8, 4) is 0 Å². The molecule has 0 spiro atoms. The van der Waals surface area contributed by atoms with E-state index in [1.807, 2.05) is 4.98 Å². The Kier molecular flexibility index (Phi) is 5.27. The smallest absolute Gasteiger partial charge is 0.390 e. The van der Waals surface area contributed by atoms with Crippen molar-refractivity contribution >= 4 is 17.9 Å². The third kappa shape index (κ3) is 4.29. The molecule has 22 heavy (non-hydrogen) atoms. The molecule has 1 aliphatic heterocycles. The van der Waals surface area contributed by atoms with Crippen molar-refractivity contribution in [2.45, 2.75) is 31.1 Å². The van der Waals surface area contributed by atoms with Gasteiger partial charge in [-0.15, -0.1) is 0 Å². The number of nitrogens with one attached hydrogen (secondary N) is 1. The lowest BCUT2D eigenvalue weighted by Gasteiger charge is -2.16. The fourth-order valence-electron chi connectivity index (χ4n) is 1.92. The van der Waals surface area contributed by atoms with Gasteiger partial charge in [-0.25, -0.2) is 4.79 Å². The molecule has 2 rings (SSSR count). The van der Waals surface area contributed by atoms with Crippen LogP contribution < -0.4 is 11.2 Å². The molecule has 0 radical (unpaired) electrons. The van der Waals surface area contributed by atoms with Crippen LogP contribution in [0.15, 0.2) is 21.9 Å². The maximum absolute atomic E-state index is 11.6. The molecule has 124 valence electrons. The van der Waals surface area contributed by atoms with Crippen molar-refractivity contribution in [1.29, 1.82) is 0 Å². The van der Waals surface area contributed by atoms with Gasteiger partial charge in [0.2, 0.25) is 6.29 Å². The van der Waals surface area contributed by atoms with Crippen molar-refractivity contribution in [2.75, 3.05) is 0 Å². The molecule has 0 aromatic carbocycles. The average Bonchev–Trinajstić information content (AvgIpc) is 2.77. The molecule has 0 amide bonds. The lowest BCUT2D eigenvalue weighted by molar-refractivity contribution is -0.149. The standard InChI is InChI=1S/C9H13N2O9PS/c12-4-3-6(11-2-1-5(13)10-9(11)15)19-7(4)8(14)20-22-21(16,17)18/h1-2,4,6-8,12,14H,3H2,(H3-,10,13,15,16,17,18)/p+1/t4-,6+,7-,8?/m0/s1. The molecule has 0 aliphatic carbocycles. The Morgan fingerprint density at radius 2 is 2.14 bits per heavy atom. The molecule has 4 atom stereocenters. The topological polar surface area (TPSA) is 174 Å². The molecule has 1 fully saturated rings. The Balaban J connectivity index is 2.12. The lowest BCUT2D eigenvalue weighted by atomic mass is 10.2. The minimum atomic E-state index is -4.31. The van der Waals surface area contributed by atoms with Gasteiger partial charge in [-0.3, -0.25) is 29.0 Å². The molecule has 0 bridgehead atoms. The highest BCUT2D eigenvalue weighted by atomic mass is 32.5. The summed E-state index contributed by atoms with van der Waals surface area (Å²) in [5.41, 5.74) is -1.34. The number of H-pyrrole nitrogens is 1. The highest BCUT2D eigenvalue weighted by molar-refractivity contribution is 8.13. The van der Waals surface area contributed by atoms with Crippen LogP contribution in [0.2, 0.25) is 0 Å². The quantitative estimate of drug-likeness (QED) is 0.144. The van der Waals surface area contributed by atoms with Crippen LogP contribution in [0.3, 0.4) is 0 Å². The number of nitrogens with zero attached hydrogens (tertiary/aromatic N) is 1. The van der Waals surface area contributed by atoms with E-state index in [0.29, 0.717) is 0 Å². The second-order valence-corrected chi connectivity index (χ2v) is 7.74. The Morgan fingerprint density at radius 1 is 1.45 bits per heavy atom. The Bertz CT molecular complexity index is 689. The maximum Gasteiger partial charge on any atom is 0.560 e. The van der Waals surface area contributed by atoms with Crippen LogP contribution in [0, 0.1) is 0 Å². The number of aliphatic hydroxyl groups is 2. The molecule has 11 nitrogen and oxygen atoms in total. The summed E-state index contributed by atoms with van der Waals surface area (Å²) in [6.07, 6.45) is -4.14. The van der Waals surface area contributed by atoms with Crippen molar-refractivity contribution in [3.05, 3.63) is 33.1 Å². The summed E-state index contributed by atoms with van der Waals surface area (Å²) in [5.74, 6) is 0. The first-order valence-electron chi connectivity index (χ1n) is 5.93. The highest BCUT2D eigenvalue weighted by Crippen LogP contribution is 2.33. The average molecular weight is 357 g/mol. The number of rotatable bonds is 4. The van der Waals surface area contributed by atoms with Crippen LogP contribution in [0.1, 0.15) is 12.6 Å². The minimum absolute atomic E-state index is 0.0701. The zero-order valence-corrected chi connectivity index (χ0v) is 12.6. The van der Waals surface area contributed by atoms with Crippen molar-refractivity contribution in [2.24, 2.45) is 0 Å². The normalized spacial score (nSPS) is 26.9. The van der Waals surface area contributed by atoms with Gasteiger partial charge in [-0.1, -0.05) is 4.18 Å². The van der Waals surface area contributed by atoms with Crippen molar-refractivity contribution < 1.29 is 33.8 Å². The fraction of sp³-hybridized carbons (Fsp3) is 0.556. The number of aromatic amines is 1. The Hall–Kier alpha value is -0.950. The summed E-state index contributed by atoms with van der Waals surface area (Å²) in [7, 11) is 0. The van der Waals surface area contributed by atoms with E-state index < -0.39 is 42.7 Å². The van der Waals surface area contributed by atoms with Gasteiger partial charge >= 0.3 is 23.6 Å². The SMILES string of the molecule is O=c1ccn([C@H]2C[C@H](O)[C@@H](C(O)O[S+]=P(O)(O)O)O2)c(=O)[nH]1. The van der Waals surface area contributed by atoms with E-state index in [0.717, 1.165) is 10.6 Å². The molecule has 0 saturated carbocycles. The summed E-state index contributed by atoms with van der Waals surface area (Å²) < 4.78 is 10.8. The van der Waals surface area contributed by atoms with Crippen molar-refractivity contribution in [3.63, 3.8) is 0 Å². The van der Waals surface area contributed by atoms with Crippen LogP contribution in [-0.4, -0.2) is 52.9 Å². The van der Waals surface area contributed by atoms with Gasteiger partial charge in [0, 0.05) is 18.7 Å². The minimum Gasteiger partial charge on any atom is -0.390 e. The van der Waals surface area contributed by atoms with Crippen LogP contribution in [0.25, 0.3) is 0 Å². The van der Waals surface area contributed by atoms with Crippen LogP contribution in [0.5, 0.6) is 0 Å². The maximum atomic E-state index is 11.6. The summed E-state index contributed by atoms with van der Waals surface area (Å²) >= 11 is -0.147. The molecule has 1 aromatic rings. The van der Waals surface area contributed by atoms with Gasteiger partial charge in [0.25, 0.3) is 5.56 Å². The summed E-state index contributed by atoms with van der Waals surface area (Å²) in [5, 5.41) is 19.5. The Morgan fingerprint density at radius 3 is 2.73 bits per heavy atom. The molecule has 1 unspecified atom stereocenters. The lowest BCUT2D eigenvalue weighted by Crippen LogP contribution is -2.36. The molecule has 13 heteroatoms. The highest BCUT2D eigenvalue weighted by Gasteiger charge is 2.43. The predicted octanol–water partition coefficient (Wildman–Crippen LogP) is -2.83. The van der Waals surface area contributed by atoms with Gasteiger partial charge in [-0.2, -0.15) is 0 Å². The summed E-state index contributed by atoms with van der Waals surface area (Å²) in [6.45, 7) is -4.31. The third-order valence-electron chi connectivity index (χ3n) is 2.82. The van der Waals surface area contributed by atoms with Gasteiger partial charge in [0.15, 0.2) is 0 Å². The molecule has 1 aromatic heterocycles. The Labute approximate surface area is 126 Å². The molecule has 6 N–H and O–H groups in total. The van der Waals surface area contributed by atoms with E-state index in [1.165, 1.54) is 6.20 Å². The van der Waals surface area contributed by atoms with Crippen molar-refractivity contribution in [1.82, 2.24) is 9.55 Å². The first kappa shape index (κ1) is 17.4. The van der Waals surface area contributed by atoms with E-state index in [9.17, 15) is 19.8 Å². The van der Waals surface area contributed by atoms with E-state index in [1.54, 1.807) is 0 Å². The zero-order valence-electron chi connectivity index (χ0n) is 10.8. The largest absolute Gasteiger partial charge is 0.560 e. The summed E-state index contributed by atoms with van der Waals surface area (Å²) in [6, 6.07) is 1.09. The summed E-state index contributed by atoms with van der Waals surface area (Å²) in [4.78, 5) is 50.8. The number of aliphatic hydroxyl groups excluding tert-OH is 2. The van der Waals surface area contributed by atoms with Crippen LogP contribution in [-0.2, 0) is 20.1 Å². The predicted molar refractivity (Wildman–Crippen MR) is 73.9 cm³/mol. The van der Waals surface area contributed by atoms with E-state index >= 15 is 0 Å². The number of hydrogen-bond donors (Lipinski definition) is 6. The van der Waals surface area contributed by atoms with Gasteiger partial charge in [0.05, 0.1) is 6.10 Å². The van der Waals surface area contributed by atoms with Crippen LogP contribution in [0.4, 0.5) is 0 Å². The van der Waals surface area contributed by atoms with Crippen LogP contribution >= 0.6 is 6.72 Å².